The van der Waals surface area contributed by atoms with E-state index in [4.69, 9.17) is 36.8 Å². The van der Waals surface area contributed by atoms with Crippen LogP contribution < -0.4 is 22.9 Å². The Balaban J connectivity index is 0.000000204. The molecule has 18 heteroatoms. The summed E-state index contributed by atoms with van der Waals surface area (Å²) in [6.45, 7) is 4.23. The lowest BCUT2D eigenvalue weighted by Gasteiger charge is -2.17. The maximum Gasteiger partial charge on any atom is 0.417 e. The molecule has 0 aliphatic heterocycles. The Hall–Kier alpha value is -6.52. The van der Waals surface area contributed by atoms with Crippen molar-refractivity contribution >= 4 is 79.4 Å². The molecule has 8 rings (SSSR count). The standard InChI is InChI=1S/C22H22ClN3O5.C21H20ClN3O5.CH4/c1-3-6-15(11-19(27)30-2)26-18-8-5-4-7-17(18)25(22(26)29)12-13-9-14(23)10-16-20(13)31-21(28)24-16;1-2-5-14(10-18(26)27)25-17-7-4-3-6-16(17)24(21(25)29)11-12-8-13(22)9-15-19(12)30-20(28)23-15;/h4-5,7-10,15H,3,6,11-12H2,1-2H3,(H,24,28);3-4,6-9,14H,2,5,10-11H2,1H3,(H,23,28)(H,26,27);1H4. The number of H-pyrrole nitrogens is 2. The third-order valence-corrected chi connectivity index (χ3v) is 11.0. The number of rotatable bonds is 14. The van der Waals surface area contributed by atoms with Crippen molar-refractivity contribution in [2.24, 2.45) is 0 Å². The van der Waals surface area contributed by atoms with Gasteiger partial charge in [0.2, 0.25) is 0 Å². The number of fused-ring (bicyclic) bond motifs is 4. The van der Waals surface area contributed by atoms with Gasteiger partial charge >= 0.3 is 34.8 Å². The molecule has 0 spiro atoms. The first-order valence-corrected chi connectivity index (χ1v) is 20.4. The van der Waals surface area contributed by atoms with Gasteiger partial charge in [0.1, 0.15) is 0 Å². The molecular formula is C44H46Cl2N6O10. The smallest absolute Gasteiger partial charge is 0.417 e. The van der Waals surface area contributed by atoms with Gasteiger partial charge in [0, 0.05) is 33.3 Å². The number of para-hydroxylation sites is 4. The van der Waals surface area contributed by atoms with Gasteiger partial charge in [-0.05, 0) is 61.4 Å². The number of nitrogens with one attached hydrogen (secondary N) is 2. The van der Waals surface area contributed by atoms with Crippen LogP contribution in [0.2, 0.25) is 10.0 Å². The number of ether oxygens (including phenoxy) is 1. The fraction of sp³-hybridized carbons (Fsp3) is 0.318. The van der Waals surface area contributed by atoms with Crippen molar-refractivity contribution in [2.45, 2.75) is 85.0 Å². The lowest BCUT2D eigenvalue weighted by Crippen LogP contribution is -2.29. The first-order chi connectivity index (χ1) is 29.3. The van der Waals surface area contributed by atoms with Crippen molar-refractivity contribution in [1.29, 1.82) is 0 Å². The van der Waals surface area contributed by atoms with Crippen molar-refractivity contribution in [2.75, 3.05) is 7.11 Å². The number of oxazole rings is 2. The molecule has 0 aliphatic rings. The first-order valence-electron chi connectivity index (χ1n) is 19.6. The molecule has 0 radical (unpaired) electrons. The highest BCUT2D eigenvalue weighted by molar-refractivity contribution is 6.31. The molecule has 0 bridgehead atoms. The van der Waals surface area contributed by atoms with Crippen LogP contribution in [-0.2, 0) is 27.4 Å². The number of carboxylic acids is 1. The number of carboxylic acid groups (broad SMARTS) is 1. The summed E-state index contributed by atoms with van der Waals surface area (Å²) in [6.07, 6.45) is 2.72. The van der Waals surface area contributed by atoms with E-state index >= 15 is 0 Å². The third-order valence-electron chi connectivity index (χ3n) is 10.5. The fourth-order valence-corrected chi connectivity index (χ4v) is 8.50. The van der Waals surface area contributed by atoms with Crippen molar-refractivity contribution in [1.82, 2.24) is 28.2 Å². The van der Waals surface area contributed by atoms with Gasteiger partial charge in [-0.25, -0.2) is 19.2 Å². The van der Waals surface area contributed by atoms with Gasteiger partial charge in [-0.2, -0.15) is 0 Å². The number of aromatic amines is 2. The summed E-state index contributed by atoms with van der Waals surface area (Å²) in [5.74, 6) is -2.52. The second-order valence-corrected chi connectivity index (χ2v) is 15.5. The molecule has 0 saturated heterocycles. The Morgan fingerprint density at radius 3 is 1.47 bits per heavy atom. The highest BCUT2D eigenvalue weighted by Crippen LogP contribution is 2.29. The van der Waals surface area contributed by atoms with Crippen LogP contribution in [0, 0.1) is 0 Å². The molecule has 326 valence electrons. The van der Waals surface area contributed by atoms with E-state index in [1.165, 1.54) is 7.11 Å². The molecule has 2 atom stereocenters. The Bertz CT molecular complexity index is 3160. The number of imidazole rings is 2. The largest absolute Gasteiger partial charge is 0.481 e. The highest BCUT2D eigenvalue weighted by atomic mass is 35.5. The molecule has 0 amide bonds. The molecule has 3 N–H and O–H groups in total. The normalized spacial score (nSPS) is 12.3. The Morgan fingerprint density at radius 2 is 1.08 bits per heavy atom. The van der Waals surface area contributed by atoms with Gasteiger partial charge in [-0.3, -0.25) is 37.8 Å². The minimum Gasteiger partial charge on any atom is -0.481 e. The zero-order valence-corrected chi connectivity index (χ0v) is 34.9. The van der Waals surface area contributed by atoms with E-state index in [9.17, 15) is 33.9 Å². The molecule has 62 heavy (non-hydrogen) atoms. The molecule has 8 aromatic rings. The van der Waals surface area contributed by atoms with Crippen LogP contribution in [0.5, 0.6) is 0 Å². The van der Waals surface area contributed by atoms with Crippen molar-refractivity contribution in [3.63, 3.8) is 0 Å². The summed E-state index contributed by atoms with van der Waals surface area (Å²) in [5, 5.41) is 10.2. The maximum absolute atomic E-state index is 13.5. The number of methoxy groups -OCH3 is 1. The second-order valence-electron chi connectivity index (χ2n) is 14.6. The van der Waals surface area contributed by atoms with E-state index in [2.05, 4.69) is 9.97 Å². The number of carbonyl (C=O) groups is 2. The average Bonchev–Trinajstić information content (AvgIpc) is 3.94. The molecule has 0 saturated carbocycles. The lowest BCUT2D eigenvalue weighted by molar-refractivity contribution is -0.141. The van der Waals surface area contributed by atoms with Crippen LogP contribution in [0.25, 0.3) is 44.3 Å². The number of aliphatic carboxylic acids is 1. The minimum absolute atomic E-state index is 0. The van der Waals surface area contributed by atoms with Crippen LogP contribution >= 0.6 is 23.2 Å². The number of hydrogen-bond donors (Lipinski definition) is 3. The number of hydrogen-bond acceptors (Lipinski definition) is 9. The Labute approximate surface area is 362 Å². The monoisotopic (exact) mass is 888 g/mol. The SMILES string of the molecule is C.CCCC(CC(=O)O)n1c(=O)n(Cc2cc(Cl)cc3[nH]c(=O)oc23)c2ccccc21.CCCC(CC(=O)OC)n1c(=O)n(Cc2cc(Cl)cc3[nH]c(=O)oc23)c2ccccc21. The Morgan fingerprint density at radius 1 is 0.677 bits per heavy atom. The highest BCUT2D eigenvalue weighted by Gasteiger charge is 2.25. The van der Waals surface area contributed by atoms with E-state index in [0.717, 1.165) is 18.4 Å². The zero-order chi connectivity index (χ0) is 43.5. The third kappa shape index (κ3) is 9.06. The van der Waals surface area contributed by atoms with Crippen LogP contribution in [0.15, 0.2) is 101 Å². The van der Waals surface area contributed by atoms with Crippen molar-refractivity contribution in [3.05, 3.63) is 136 Å². The summed E-state index contributed by atoms with van der Waals surface area (Å²) in [7, 11) is 1.34. The summed E-state index contributed by atoms with van der Waals surface area (Å²) < 4.78 is 21.8. The first kappa shape index (κ1) is 45.0. The maximum atomic E-state index is 13.5. The van der Waals surface area contributed by atoms with E-state index in [-0.39, 0.29) is 56.7 Å². The van der Waals surface area contributed by atoms with Gasteiger partial charge < -0.3 is 18.7 Å². The number of carbonyl (C=O) groups excluding carboxylic acids is 1. The molecule has 4 aromatic carbocycles. The quantitative estimate of drug-likeness (QED) is 0.0891. The summed E-state index contributed by atoms with van der Waals surface area (Å²) in [6, 6.07) is 20.4. The number of benzene rings is 4. The topological polar surface area (TPSA) is 209 Å². The number of aromatic nitrogens is 6. The summed E-state index contributed by atoms with van der Waals surface area (Å²) in [5.41, 5.74) is 4.99. The summed E-state index contributed by atoms with van der Waals surface area (Å²) >= 11 is 12.4. The van der Waals surface area contributed by atoms with Crippen molar-refractivity contribution in [3.8, 4) is 0 Å². The lowest BCUT2D eigenvalue weighted by atomic mass is 10.1. The predicted molar refractivity (Wildman–Crippen MR) is 238 cm³/mol. The number of halogens is 2. The van der Waals surface area contributed by atoms with E-state index < -0.39 is 23.5 Å². The predicted octanol–water partition coefficient (Wildman–Crippen LogP) is 8.23. The zero-order valence-electron chi connectivity index (χ0n) is 33.4. The molecule has 4 aromatic heterocycles. The van der Waals surface area contributed by atoms with Gasteiger partial charge in [-0.15, -0.1) is 0 Å². The van der Waals surface area contributed by atoms with E-state index in [0.29, 0.717) is 72.8 Å². The van der Waals surface area contributed by atoms with E-state index in [1.54, 1.807) is 42.5 Å². The minimum atomic E-state index is -0.956. The number of esters is 1. The second kappa shape index (κ2) is 19.0. The van der Waals surface area contributed by atoms with Crippen LogP contribution in [0.1, 0.15) is 83.0 Å². The molecule has 4 heterocycles. The Kier molecular flexibility index (Phi) is 13.8. The molecule has 0 aliphatic carbocycles. The van der Waals surface area contributed by atoms with Gasteiger partial charge in [0.15, 0.2) is 11.2 Å². The number of nitrogens with zero attached hydrogens (tertiary/aromatic N) is 4. The molecule has 2 unspecified atom stereocenters. The summed E-state index contributed by atoms with van der Waals surface area (Å²) in [4.78, 5) is 78.9. The van der Waals surface area contributed by atoms with Crippen LogP contribution in [0.3, 0.4) is 0 Å². The fourth-order valence-electron chi connectivity index (χ4n) is 8.02. The van der Waals surface area contributed by atoms with Crippen LogP contribution in [-0.4, -0.2) is 52.4 Å². The van der Waals surface area contributed by atoms with E-state index in [1.807, 2.05) is 62.4 Å². The molecule has 16 nitrogen and oxygen atoms in total. The van der Waals surface area contributed by atoms with Gasteiger partial charge in [-0.1, -0.05) is 81.6 Å². The van der Waals surface area contributed by atoms with Gasteiger partial charge in [0.05, 0.1) is 66.1 Å². The average molecular weight is 890 g/mol. The van der Waals surface area contributed by atoms with Crippen molar-refractivity contribution < 1.29 is 28.3 Å². The molecular weight excluding hydrogens is 843 g/mol. The van der Waals surface area contributed by atoms with Gasteiger partial charge in [0.25, 0.3) is 0 Å². The van der Waals surface area contributed by atoms with Crippen LogP contribution in [0.4, 0.5) is 0 Å². The molecule has 0 fully saturated rings.